The van der Waals surface area contributed by atoms with E-state index in [9.17, 15) is 38.4 Å². The van der Waals surface area contributed by atoms with Gasteiger partial charge in [-0.1, -0.05) is 87.8 Å². The largest absolute Gasteiger partial charge is 0.497 e. The van der Waals surface area contributed by atoms with Crippen molar-refractivity contribution in [1.82, 2.24) is 49.8 Å². The zero-order valence-corrected chi connectivity index (χ0v) is 55.1. The lowest BCUT2D eigenvalue weighted by Crippen LogP contribution is -2.61. The molecule has 2 rings (SSSR count). The number of rotatable bonds is 20. The molecule has 22 heteroatoms. The highest BCUT2D eigenvalue weighted by molar-refractivity contribution is 5.98. The Morgan fingerprint density at radius 1 is 0.667 bits per heavy atom. The molecule has 1 aromatic rings. The maximum atomic E-state index is 15.2. The predicted octanol–water partition coefficient (Wildman–Crippen LogP) is 4.16. The highest BCUT2D eigenvalue weighted by Gasteiger charge is 2.43. The van der Waals surface area contributed by atoms with Crippen molar-refractivity contribution in [1.29, 1.82) is 0 Å². The van der Waals surface area contributed by atoms with E-state index in [-0.39, 0.29) is 56.4 Å². The summed E-state index contributed by atoms with van der Waals surface area (Å²) in [4.78, 5) is 156. The van der Waals surface area contributed by atoms with Crippen molar-refractivity contribution in [3.8, 4) is 5.75 Å². The van der Waals surface area contributed by atoms with Gasteiger partial charge < -0.3 is 54.4 Å². The molecule has 0 spiro atoms. The van der Waals surface area contributed by atoms with Gasteiger partial charge in [-0.15, -0.1) is 0 Å². The maximum Gasteiger partial charge on any atom is 0.324 e. The van der Waals surface area contributed by atoms with Crippen LogP contribution in [0.1, 0.15) is 134 Å². The SMILES string of the molecule is CC[C@H](C)[C@H]1C(=O)N[C@@H](C)C(=O)N(C)[C@@H](CC(C)C)C(=O)N[C@@H](Cc2ccc(OC)cc2)C(=O)N(C)CCCC[C@@H](N(C)C(=O)[C@H](CC(C)C)N(C)C(=O)[C@H](C)N(C)C(=O)[C@H](OC(=O)[C@H](C(C)C)N(C)C)C(C)C)C(=O)N(C)[C@@H](C)C(=O)N1C. The Bertz CT molecular complexity index is 2390. The van der Waals surface area contributed by atoms with Crippen LogP contribution in [0.4, 0.5) is 0 Å². The summed E-state index contributed by atoms with van der Waals surface area (Å²) in [5.74, 6) is -6.28. The van der Waals surface area contributed by atoms with E-state index in [2.05, 4.69) is 10.6 Å². The monoisotopic (exact) mass is 1180 g/mol. The molecule has 1 aliphatic heterocycles. The van der Waals surface area contributed by atoms with Crippen LogP contribution in [0.2, 0.25) is 0 Å². The lowest BCUT2D eigenvalue weighted by molar-refractivity contribution is -0.169. The van der Waals surface area contributed by atoms with E-state index < -0.39 is 131 Å². The molecule has 22 nitrogen and oxygen atoms in total. The minimum absolute atomic E-state index is 0.0593. The van der Waals surface area contributed by atoms with Crippen LogP contribution in [0.3, 0.4) is 0 Å². The summed E-state index contributed by atoms with van der Waals surface area (Å²) in [5, 5.41) is 5.77. The van der Waals surface area contributed by atoms with Crippen LogP contribution in [0.5, 0.6) is 5.75 Å². The van der Waals surface area contributed by atoms with Crippen LogP contribution in [0, 0.1) is 29.6 Å². The fraction of sp³-hybridized carbons (Fsp3) is 0.742. The number of methoxy groups -OCH3 is 1. The molecule has 0 unspecified atom stereocenters. The van der Waals surface area contributed by atoms with Crippen molar-refractivity contribution >= 4 is 59.1 Å². The van der Waals surface area contributed by atoms with Crippen LogP contribution in [-0.2, 0) is 59.1 Å². The average Bonchev–Trinajstić information content (AvgIpc) is 3.65. The number of hydrogen-bond donors (Lipinski definition) is 2. The van der Waals surface area contributed by atoms with Crippen molar-refractivity contribution in [2.24, 2.45) is 29.6 Å². The topological polar surface area (TPSA) is 239 Å². The molecule has 0 bridgehead atoms. The Morgan fingerprint density at radius 2 is 1.25 bits per heavy atom. The Hall–Kier alpha value is -6.32. The van der Waals surface area contributed by atoms with Crippen LogP contribution in [0.25, 0.3) is 0 Å². The van der Waals surface area contributed by atoms with Gasteiger partial charge in [0, 0.05) is 62.3 Å². The summed E-state index contributed by atoms with van der Waals surface area (Å²) < 4.78 is 11.2. The highest BCUT2D eigenvalue weighted by atomic mass is 16.6. The number of esters is 1. The first-order valence-corrected chi connectivity index (χ1v) is 29.9. The third kappa shape index (κ3) is 19.6. The molecule has 11 atom stereocenters. The van der Waals surface area contributed by atoms with Crippen LogP contribution in [0.15, 0.2) is 24.3 Å². The Kier molecular flexibility index (Phi) is 29.3. The van der Waals surface area contributed by atoms with Gasteiger partial charge in [0.2, 0.25) is 47.3 Å². The summed E-state index contributed by atoms with van der Waals surface area (Å²) in [6.45, 7) is 23.3. The summed E-state index contributed by atoms with van der Waals surface area (Å²) in [7, 11) is 15.5. The lowest BCUT2D eigenvalue weighted by atomic mass is 9.95. The molecule has 0 saturated carbocycles. The van der Waals surface area contributed by atoms with E-state index in [4.69, 9.17) is 9.47 Å². The lowest BCUT2D eigenvalue weighted by Gasteiger charge is -2.40. The van der Waals surface area contributed by atoms with E-state index in [1.165, 1.54) is 97.4 Å². The van der Waals surface area contributed by atoms with Gasteiger partial charge in [-0.3, -0.25) is 52.8 Å². The standard InChI is InChI=1S/C62H106N10O12/c1-24-40(10)51-54(74)63-41(11)55(75)70(20)48(33-36(2)3)53(73)64-46(35-44-28-30-45(83-23)31-29-44)58(78)66(16)32-26-25-27-47(59(79)67(17)43(13)57(77)72(51)22)69(19)60(80)49(34-37(4)5)71(21)56(76)42(12)68(18)61(81)52(39(8)9)84-62(82)50(38(6)7)65(14)15/h28-31,36-43,46-52H,24-27,32-35H2,1-23H3,(H,63,74)(H,64,73)/t40-,41-,42-,43-,46-,47+,48-,49-,50-,51-,52+/m0/s1. The normalized spacial score (nSPS) is 22.5. The van der Waals surface area contributed by atoms with E-state index in [1.807, 2.05) is 48.5 Å². The molecule has 1 aromatic carbocycles. The molecule has 2 N–H and O–H groups in total. The number of nitrogens with zero attached hydrogens (tertiary/aromatic N) is 8. The van der Waals surface area contributed by atoms with Gasteiger partial charge in [0.25, 0.3) is 5.91 Å². The first kappa shape index (κ1) is 73.8. The van der Waals surface area contributed by atoms with Crippen molar-refractivity contribution in [2.45, 2.75) is 195 Å². The van der Waals surface area contributed by atoms with Gasteiger partial charge in [-0.2, -0.15) is 0 Å². The molecule has 1 aliphatic rings. The number of nitrogens with one attached hydrogen (secondary N) is 2. The maximum absolute atomic E-state index is 15.2. The molecule has 1 heterocycles. The highest BCUT2D eigenvalue weighted by Crippen LogP contribution is 2.25. The van der Waals surface area contributed by atoms with E-state index in [1.54, 1.807) is 78.2 Å². The zero-order chi connectivity index (χ0) is 64.5. The molecule has 0 aromatic heterocycles. The molecule has 84 heavy (non-hydrogen) atoms. The summed E-state index contributed by atoms with van der Waals surface area (Å²) in [5.41, 5.74) is 0.730. The number of likely N-dealkylation sites (N-methyl/N-ethyl adjacent to an activating group) is 8. The molecule has 476 valence electrons. The minimum atomic E-state index is -1.21. The number of hydrogen-bond acceptors (Lipinski definition) is 13. The predicted molar refractivity (Wildman–Crippen MR) is 324 cm³/mol. The third-order valence-corrected chi connectivity index (χ3v) is 16.6. The molecular weight excluding hydrogens is 1080 g/mol. The number of benzene rings is 1. The molecule has 1 saturated heterocycles. The van der Waals surface area contributed by atoms with Gasteiger partial charge in [0.15, 0.2) is 6.10 Å². The van der Waals surface area contributed by atoms with Crippen molar-refractivity contribution in [3.63, 3.8) is 0 Å². The number of ether oxygens (including phenoxy) is 2. The fourth-order valence-corrected chi connectivity index (χ4v) is 10.8. The van der Waals surface area contributed by atoms with E-state index >= 15 is 9.59 Å². The summed E-state index contributed by atoms with van der Waals surface area (Å²) >= 11 is 0. The quantitative estimate of drug-likeness (QED) is 0.175. The fourth-order valence-electron chi connectivity index (χ4n) is 10.8. The summed E-state index contributed by atoms with van der Waals surface area (Å²) in [6, 6.07) is -2.54. The van der Waals surface area contributed by atoms with Gasteiger partial charge >= 0.3 is 5.97 Å². The number of amides is 9. The van der Waals surface area contributed by atoms with Crippen molar-refractivity contribution < 1.29 is 57.4 Å². The zero-order valence-electron chi connectivity index (χ0n) is 55.1. The van der Waals surface area contributed by atoms with Crippen molar-refractivity contribution in [2.75, 3.05) is 77.1 Å². The summed E-state index contributed by atoms with van der Waals surface area (Å²) in [6.07, 6.45) is 0.429. The Labute approximate surface area is 502 Å². The van der Waals surface area contributed by atoms with Gasteiger partial charge in [-0.05, 0) is 114 Å². The van der Waals surface area contributed by atoms with Crippen LogP contribution < -0.4 is 15.4 Å². The van der Waals surface area contributed by atoms with Gasteiger partial charge in [0.05, 0.1) is 7.11 Å². The van der Waals surface area contributed by atoms with Crippen LogP contribution >= 0.6 is 0 Å². The number of carbonyl (C=O) groups is 10. The van der Waals surface area contributed by atoms with Crippen LogP contribution in [-0.4, -0.2) is 236 Å². The molecule has 9 amide bonds. The molecule has 0 aliphatic carbocycles. The van der Waals surface area contributed by atoms with Crippen molar-refractivity contribution in [3.05, 3.63) is 29.8 Å². The van der Waals surface area contributed by atoms with E-state index in [0.29, 0.717) is 18.6 Å². The van der Waals surface area contributed by atoms with Gasteiger partial charge in [-0.25, -0.2) is 0 Å². The Balaban J connectivity index is 2.77. The second kappa shape index (κ2) is 33.4. The minimum Gasteiger partial charge on any atom is -0.497 e. The Morgan fingerprint density at radius 3 is 1.75 bits per heavy atom. The number of carbonyl (C=O) groups excluding carboxylic acids is 10. The second-order valence-electron chi connectivity index (χ2n) is 25.0. The third-order valence-electron chi connectivity index (χ3n) is 16.6. The first-order valence-electron chi connectivity index (χ1n) is 29.9. The molecular formula is C62H106N10O12. The second-order valence-corrected chi connectivity index (χ2v) is 25.0. The average molecular weight is 1180 g/mol. The first-order chi connectivity index (χ1) is 39.0. The molecule has 0 radical (unpaired) electrons. The smallest absolute Gasteiger partial charge is 0.324 e. The van der Waals surface area contributed by atoms with Gasteiger partial charge in [0.1, 0.15) is 60.1 Å². The molecule has 1 fully saturated rings. The van der Waals surface area contributed by atoms with E-state index in [0.717, 1.165) is 5.56 Å².